The van der Waals surface area contributed by atoms with Crippen LogP contribution in [-0.4, -0.2) is 27.8 Å². The van der Waals surface area contributed by atoms with Gasteiger partial charge in [-0.15, -0.1) is 0 Å². The van der Waals surface area contributed by atoms with Crippen LogP contribution in [0.25, 0.3) is 0 Å². The molecule has 1 aromatic rings. The second kappa shape index (κ2) is 8.97. The fraction of sp³-hybridized carbons (Fsp3) is 0.800. The Hall–Kier alpha value is -1.66. The molecule has 1 aromatic heterocycles. The molecular formula is C30H45NO5. The van der Waals surface area contributed by atoms with Gasteiger partial charge in [-0.2, -0.15) is 0 Å². The normalized spacial score (nSPS) is 42.6. The highest BCUT2D eigenvalue weighted by Gasteiger charge is 2.62. The number of carboxylic acids is 1. The van der Waals surface area contributed by atoms with Crippen LogP contribution >= 0.6 is 0 Å². The van der Waals surface area contributed by atoms with E-state index in [9.17, 15) is 19.8 Å². The third-order valence-corrected chi connectivity index (χ3v) is 12.0. The molecule has 5 rings (SSSR count). The quantitative estimate of drug-likeness (QED) is 0.514. The standard InChI is InChI=1S/C30H45NO5/c1-17(2)26(33)30(31,27(34)35)20-11-13-28(3)19(15-20)6-7-21-23-9-8-22(18-5-10-25(32)36-16-18)29(23,4)14-12-24(21)28/h5,10,16-17,19-24,26,33H,6-9,11-15,31H2,1-4H3,(H,34,35). The Bertz CT molecular complexity index is 1030. The molecule has 6 nitrogen and oxygen atoms in total. The van der Waals surface area contributed by atoms with Gasteiger partial charge in [0.15, 0.2) is 0 Å². The van der Waals surface area contributed by atoms with Crippen LogP contribution in [0.15, 0.2) is 27.6 Å². The van der Waals surface area contributed by atoms with Crippen LogP contribution < -0.4 is 11.4 Å². The second-order valence-corrected chi connectivity index (χ2v) is 13.6. The third kappa shape index (κ3) is 3.73. The van der Waals surface area contributed by atoms with E-state index in [2.05, 4.69) is 13.8 Å². The molecule has 4 fully saturated rings. The van der Waals surface area contributed by atoms with Gasteiger partial charge in [-0.05, 0) is 122 Å². The zero-order valence-corrected chi connectivity index (χ0v) is 22.4. The van der Waals surface area contributed by atoms with Crippen molar-refractivity contribution < 1.29 is 19.4 Å². The highest BCUT2D eigenvalue weighted by molar-refractivity contribution is 5.80. The number of hydrogen-bond acceptors (Lipinski definition) is 5. The molecule has 4 N–H and O–H groups in total. The van der Waals surface area contributed by atoms with Crippen molar-refractivity contribution in [3.63, 3.8) is 0 Å². The number of rotatable bonds is 5. The van der Waals surface area contributed by atoms with Crippen LogP contribution in [-0.2, 0) is 4.79 Å². The van der Waals surface area contributed by atoms with Crippen molar-refractivity contribution in [2.75, 3.05) is 0 Å². The first kappa shape index (κ1) is 26.0. The lowest BCUT2D eigenvalue weighted by atomic mass is 9.43. The number of nitrogens with two attached hydrogens (primary N) is 1. The molecule has 10 unspecified atom stereocenters. The van der Waals surface area contributed by atoms with Gasteiger partial charge in [0.2, 0.25) is 0 Å². The first-order valence-electron chi connectivity index (χ1n) is 14.2. The van der Waals surface area contributed by atoms with Crippen molar-refractivity contribution >= 4 is 5.97 Å². The number of aliphatic hydroxyl groups excluding tert-OH is 1. The topological polar surface area (TPSA) is 114 Å². The number of hydrogen-bond donors (Lipinski definition) is 3. The zero-order valence-electron chi connectivity index (χ0n) is 22.4. The van der Waals surface area contributed by atoms with Gasteiger partial charge in [0.1, 0.15) is 5.54 Å². The van der Waals surface area contributed by atoms with Gasteiger partial charge in [-0.1, -0.05) is 27.7 Å². The maximum atomic E-state index is 12.4. The largest absolute Gasteiger partial charge is 0.480 e. The maximum absolute atomic E-state index is 12.4. The van der Waals surface area contributed by atoms with E-state index in [1.165, 1.54) is 31.2 Å². The van der Waals surface area contributed by atoms with Crippen molar-refractivity contribution in [1.29, 1.82) is 0 Å². The summed E-state index contributed by atoms with van der Waals surface area (Å²) >= 11 is 0. The summed E-state index contributed by atoms with van der Waals surface area (Å²) in [6.07, 6.45) is 10.3. The fourth-order valence-electron chi connectivity index (χ4n) is 9.90. The molecule has 200 valence electrons. The number of fused-ring (bicyclic) bond motifs is 5. The van der Waals surface area contributed by atoms with E-state index in [0.29, 0.717) is 29.6 Å². The minimum atomic E-state index is -1.58. The summed E-state index contributed by atoms with van der Waals surface area (Å²) in [5, 5.41) is 21.0. The Morgan fingerprint density at radius 2 is 1.75 bits per heavy atom. The molecule has 6 heteroatoms. The van der Waals surface area contributed by atoms with E-state index in [1.54, 1.807) is 12.3 Å². The van der Waals surface area contributed by atoms with Crippen molar-refractivity contribution in [3.8, 4) is 0 Å². The number of carboxylic acid groups (broad SMARTS) is 1. The van der Waals surface area contributed by atoms with Gasteiger partial charge in [-0.3, -0.25) is 4.79 Å². The van der Waals surface area contributed by atoms with E-state index in [1.807, 2.05) is 19.9 Å². The monoisotopic (exact) mass is 499 g/mol. The van der Waals surface area contributed by atoms with Crippen molar-refractivity contribution in [2.24, 2.45) is 52.1 Å². The lowest BCUT2D eigenvalue weighted by molar-refractivity contribution is -0.161. The van der Waals surface area contributed by atoms with Gasteiger partial charge in [0, 0.05) is 6.07 Å². The summed E-state index contributed by atoms with van der Waals surface area (Å²) in [5.41, 5.74) is 6.30. The minimum absolute atomic E-state index is 0.195. The van der Waals surface area contributed by atoms with Gasteiger partial charge >= 0.3 is 11.6 Å². The van der Waals surface area contributed by atoms with E-state index >= 15 is 0 Å². The molecule has 0 aromatic carbocycles. The van der Waals surface area contributed by atoms with E-state index in [4.69, 9.17) is 10.2 Å². The summed E-state index contributed by atoms with van der Waals surface area (Å²) in [6, 6.07) is 3.54. The number of aliphatic carboxylic acids is 1. The van der Waals surface area contributed by atoms with Gasteiger partial charge in [0.25, 0.3) is 0 Å². The molecule has 0 amide bonds. The predicted molar refractivity (Wildman–Crippen MR) is 138 cm³/mol. The Kier molecular flexibility index (Phi) is 6.47. The Labute approximate surface area is 215 Å². The summed E-state index contributed by atoms with van der Waals surface area (Å²) in [4.78, 5) is 23.9. The number of carbonyl (C=O) groups is 1. The first-order valence-corrected chi connectivity index (χ1v) is 14.2. The van der Waals surface area contributed by atoms with Crippen LogP contribution in [0, 0.1) is 46.3 Å². The van der Waals surface area contributed by atoms with E-state index in [-0.39, 0.29) is 28.3 Å². The highest BCUT2D eigenvalue weighted by atomic mass is 16.4. The molecule has 4 aliphatic carbocycles. The van der Waals surface area contributed by atoms with Gasteiger partial charge < -0.3 is 20.4 Å². The molecule has 36 heavy (non-hydrogen) atoms. The summed E-state index contributed by atoms with van der Waals surface area (Å²) in [6.45, 7) is 8.66. The predicted octanol–water partition coefficient (Wildman–Crippen LogP) is 5.18. The van der Waals surface area contributed by atoms with Crippen molar-refractivity contribution in [2.45, 2.75) is 103 Å². The van der Waals surface area contributed by atoms with E-state index < -0.39 is 17.6 Å². The first-order chi connectivity index (χ1) is 16.9. The molecule has 1 heterocycles. The Balaban J connectivity index is 1.36. The van der Waals surface area contributed by atoms with Crippen LogP contribution in [0.4, 0.5) is 0 Å². The molecular weight excluding hydrogens is 454 g/mol. The van der Waals surface area contributed by atoms with Gasteiger partial charge in [-0.25, -0.2) is 4.79 Å². The Morgan fingerprint density at radius 1 is 1.06 bits per heavy atom. The fourth-order valence-corrected chi connectivity index (χ4v) is 9.90. The third-order valence-electron chi connectivity index (χ3n) is 12.0. The average Bonchev–Trinajstić information content (AvgIpc) is 3.20. The molecule has 4 aliphatic rings. The molecule has 10 atom stereocenters. The summed E-state index contributed by atoms with van der Waals surface area (Å²) < 4.78 is 5.25. The van der Waals surface area contributed by atoms with Crippen LogP contribution in [0.3, 0.4) is 0 Å². The zero-order chi connectivity index (χ0) is 26.0. The smallest absolute Gasteiger partial charge is 0.335 e. The van der Waals surface area contributed by atoms with E-state index in [0.717, 1.165) is 32.1 Å². The lowest BCUT2D eigenvalue weighted by Gasteiger charge is -2.62. The highest BCUT2D eigenvalue weighted by Crippen LogP contribution is 2.69. The average molecular weight is 500 g/mol. The molecule has 0 aliphatic heterocycles. The minimum Gasteiger partial charge on any atom is -0.480 e. The Morgan fingerprint density at radius 3 is 2.39 bits per heavy atom. The maximum Gasteiger partial charge on any atom is 0.335 e. The van der Waals surface area contributed by atoms with Crippen LogP contribution in [0.2, 0.25) is 0 Å². The number of aliphatic hydroxyl groups is 1. The van der Waals surface area contributed by atoms with Crippen molar-refractivity contribution in [1.82, 2.24) is 0 Å². The molecule has 0 saturated heterocycles. The second-order valence-electron chi connectivity index (χ2n) is 13.6. The van der Waals surface area contributed by atoms with Crippen LogP contribution in [0.5, 0.6) is 0 Å². The molecule has 4 saturated carbocycles. The van der Waals surface area contributed by atoms with Crippen LogP contribution in [0.1, 0.15) is 97.0 Å². The summed E-state index contributed by atoms with van der Waals surface area (Å²) in [7, 11) is 0. The molecule has 0 radical (unpaired) electrons. The van der Waals surface area contributed by atoms with Crippen molar-refractivity contribution in [3.05, 3.63) is 34.4 Å². The molecule has 0 spiro atoms. The SMILES string of the molecule is CC(C)C(O)C(N)(C(=O)O)C1CCC2(C)C(CCC3C2CCC2(C)C(c4ccc(=O)oc4)CCC32)C1. The lowest BCUT2D eigenvalue weighted by Crippen LogP contribution is -2.66. The molecule has 0 bridgehead atoms. The summed E-state index contributed by atoms with van der Waals surface area (Å²) in [5.74, 6) is 1.50. The van der Waals surface area contributed by atoms with Gasteiger partial charge in [0.05, 0.1) is 12.4 Å².